The summed E-state index contributed by atoms with van der Waals surface area (Å²) >= 11 is 1.19. The molecule has 0 bridgehead atoms. The minimum absolute atomic E-state index is 0.0387. The normalized spacial score (nSPS) is 11.7. The maximum Gasteiger partial charge on any atom is 0.224 e. The molecule has 1 aromatic carbocycles. The van der Waals surface area contributed by atoms with Crippen LogP contribution in [0.4, 0.5) is 10.3 Å². The molecule has 5 nitrogen and oxygen atoms in total. The van der Waals surface area contributed by atoms with Crippen molar-refractivity contribution in [3.05, 3.63) is 52.8 Å². The number of benzene rings is 1. The van der Waals surface area contributed by atoms with E-state index in [9.17, 15) is 14.3 Å². The summed E-state index contributed by atoms with van der Waals surface area (Å²) in [6, 6.07) is 7.56. The van der Waals surface area contributed by atoms with E-state index in [-0.39, 0.29) is 18.0 Å². The molecule has 24 heavy (non-hydrogen) atoms. The average molecular weight is 345 g/mol. The molecular formula is C17H16FN3O2S. The van der Waals surface area contributed by atoms with Crippen molar-refractivity contribution in [2.75, 3.05) is 11.9 Å². The van der Waals surface area contributed by atoms with Crippen molar-refractivity contribution in [1.82, 2.24) is 9.97 Å². The van der Waals surface area contributed by atoms with Crippen LogP contribution in [0.5, 0.6) is 0 Å². The molecule has 3 aromatic rings. The number of carbonyl (C=O) groups is 1. The summed E-state index contributed by atoms with van der Waals surface area (Å²) < 4.78 is 13.8. The summed E-state index contributed by atoms with van der Waals surface area (Å²) in [5.41, 5.74) is -0.520. The molecule has 0 saturated carbocycles. The maximum absolute atomic E-state index is 13.8. The number of nitrogens with zero attached hydrogens (tertiary/aromatic N) is 2. The van der Waals surface area contributed by atoms with Crippen molar-refractivity contribution in [1.29, 1.82) is 0 Å². The Morgan fingerprint density at radius 2 is 2.12 bits per heavy atom. The Morgan fingerprint density at radius 3 is 2.83 bits per heavy atom. The molecule has 0 atom stereocenters. The first-order valence-corrected chi connectivity index (χ1v) is 8.16. The lowest BCUT2D eigenvalue weighted by Crippen LogP contribution is -2.35. The SMILES string of the molecule is CC(C)(CO)Nc1ncc2cc(C(=O)c3ccccc3F)sc2n1. The topological polar surface area (TPSA) is 75.1 Å². The molecule has 3 rings (SSSR count). The van der Waals surface area contributed by atoms with Crippen LogP contribution in [-0.2, 0) is 0 Å². The van der Waals surface area contributed by atoms with Gasteiger partial charge in [-0.2, -0.15) is 0 Å². The van der Waals surface area contributed by atoms with Crippen molar-refractivity contribution < 1.29 is 14.3 Å². The number of anilines is 1. The first-order valence-electron chi connectivity index (χ1n) is 7.34. The van der Waals surface area contributed by atoms with Crippen molar-refractivity contribution >= 4 is 33.3 Å². The van der Waals surface area contributed by atoms with E-state index in [1.165, 1.54) is 23.5 Å². The van der Waals surface area contributed by atoms with Gasteiger partial charge in [0, 0.05) is 11.6 Å². The lowest BCUT2D eigenvalue weighted by molar-refractivity contribution is 0.103. The molecule has 7 heteroatoms. The third kappa shape index (κ3) is 3.27. The number of carbonyl (C=O) groups excluding carboxylic acids is 1. The quantitative estimate of drug-likeness (QED) is 0.694. The molecule has 0 amide bonds. The van der Waals surface area contributed by atoms with E-state index in [0.29, 0.717) is 21.0 Å². The third-order valence-corrected chi connectivity index (χ3v) is 4.50. The second-order valence-electron chi connectivity index (χ2n) is 6.04. The van der Waals surface area contributed by atoms with Crippen LogP contribution >= 0.6 is 11.3 Å². The second kappa shape index (κ2) is 6.26. The summed E-state index contributed by atoms with van der Waals surface area (Å²) in [6.45, 7) is 3.57. The first kappa shape index (κ1) is 16.5. The minimum Gasteiger partial charge on any atom is -0.394 e. The van der Waals surface area contributed by atoms with Crippen molar-refractivity contribution in [3.8, 4) is 0 Å². The first-order chi connectivity index (χ1) is 11.4. The zero-order valence-corrected chi connectivity index (χ0v) is 14.0. The number of halogens is 1. The lowest BCUT2D eigenvalue weighted by atomic mass is 10.1. The van der Waals surface area contributed by atoms with Crippen molar-refractivity contribution in [3.63, 3.8) is 0 Å². The van der Waals surface area contributed by atoms with E-state index < -0.39 is 11.4 Å². The van der Waals surface area contributed by atoms with Gasteiger partial charge in [0.2, 0.25) is 11.7 Å². The number of thiophene rings is 1. The third-order valence-electron chi connectivity index (χ3n) is 3.46. The predicted octanol–water partition coefficient (Wildman–Crippen LogP) is 3.24. The van der Waals surface area contributed by atoms with Crippen LogP contribution in [0.3, 0.4) is 0 Å². The summed E-state index contributed by atoms with van der Waals surface area (Å²) in [6.07, 6.45) is 1.60. The van der Waals surface area contributed by atoms with Gasteiger partial charge in [0.05, 0.1) is 22.6 Å². The smallest absolute Gasteiger partial charge is 0.224 e. The van der Waals surface area contributed by atoms with Gasteiger partial charge in [0.1, 0.15) is 10.6 Å². The van der Waals surface area contributed by atoms with Gasteiger partial charge >= 0.3 is 0 Å². The number of aliphatic hydroxyl groups is 1. The fourth-order valence-electron chi connectivity index (χ4n) is 2.12. The molecule has 0 aliphatic rings. The van der Waals surface area contributed by atoms with Gasteiger partial charge in [0.15, 0.2) is 0 Å². The molecule has 0 unspecified atom stereocenters. The molecule has 0 saturated heterocycles. The monoisotopic (exact) mass is 345 g/mol. The van der Waals surface area contributed by atoms with E-state index in [0.717, 1.165) is 0 Å². The van der Waals surface area contributed by atoms with Gasteiger partial charge in [-0.05, 0) is 32.0 Å². The summed E-state index contributed by atoms with van der Waals surface area (Å²) in [5, 5.41) is 13.0. The highest BCUT2D eigenvalue weighted by Crippen LogP contribution is 2.27. The Kier molecular flexibility index (Phi) is 4.29. The minimum atomic E-state index is -0.559. The van der Waals surface area contributed by atoms with Crippen LogP contribution in [0.25, 0.3) is 10.2 Å². The molecule has 2 heterocycles. The van der Waals surface area contributed by atoms with Gasteiger partial charge in [-0.15, -0.1) is 11.3 Å². The summed E-state index contributed by atoms with van der Waals surface area (Å²) in [5.74, 6) is -0.548. The van der Waals surface area contributed by atoms with E-state index in [2.05, 4.69) is 15.3 Å². The van der Waals surface area contributed by atoms with Gasteiger partial charge < -0.3 is 10.4 Å². The number of ketones is 1. The molecule has 0 aliphatic heterocycles. The van der Waals surface area contributed by atoms with Crippen molar-refractivity contribution in [2.45, 2.75) is 19.4 Å². The fraction of sp³-hybridized carbons (Fsp3) is 0.235. The van der Waals surface area contributed by atoms with E-state index in [1.807, 2.05) is 13.8 Å². The molecule has 124 valence electrons. The second-order valence-corrected chi connectivity index (χ2v) is 7.07. The Labute approximate surface area is 142 Å². The van der Waals surface area contributed by atoms with Crippen LogP contribution in [0, 0.1) is 5.82 Å². The fourth-order valence-corrected chi connectivity index (χ4v) is 3.08. The number of aliphatic hydroxyl groups excluding tert-OH is 1. The highest BCUT2D eigenvalue weighted by Gasteiger charge is 2.19. The summed E-state index contributed by atoms with van der Waals surface area (Å²) in [4.78, 5) is 22.1. The van der Waals surface area contributed by atoms with E-state index >= 15 is 0 Å². The lowest BCUT2D eigenvalue weighted by Gasteiger charge is -2.23. The Balaban J connectivity index is 1.94. The number of aromatic nitrogens is 2. The predicted molar refractivity (Wildman–Crippen MR) is 92.0 cm³/mol. The number of hydrogen-bond donors (Lipinski definition) is 2. The maximum atomic E-state index is 13.8. The summed E-state index contributed by atoms with van der Waals surface area (Å²) in [7, 11) is 0. The van der Waals surface area contributed by atoms with Gasteiger partial charge in [-0.25, -0.2) is 14.4 Å². The number of fused-ring (bicyclic) bond motifs is 1. The van der Waals surface area contributed by atoms with E-state index in [1.54, 1.807) is 24.4 Å². The van der Waals surface area contributed by atoms with Crippen LogP contribution in [0.2, 0.25) is 0 Å². The van der Waals surface area contributed by atoms with Gasteiger partial charge in [-0.1, -0.05) is 12.1 Å². The number of hydrogen-bond acceptors (Lipinski definition) is 6. The molecule has 0 spiro atoms. The number of nitrogens with one attached hydrogen (secondary N) is 1. The molecule has 2 aromatic heterocycles. The van der Waals surface area contributed by atoms with Crippen LogP contribution < -0.4 is 5.32 Å². The highest BCUT2D eigenvalue weighted by atomic mass is 32.1. The van der Waals surface area contributed by atoms with Gasteiger partial charge in [-0.3, -0.25) is 4.79 Å². The Hall–Kier alpha value is -2.38. The highest BCUT2D eigenvalue weighted by molar-refractivity contribution is 7.20. The Morgan fingerprint density at radius 1 is 1.38 bits per heavy atom. The Bertz CT molecular complexity index is 908. The zero-order valence-electron chi connectivity index (χ0n) is 13.2. The zero-order chi connectivity index (χ0) is 17.3. The largest absolute Gasteiger partial charge is 0.394 e. The molecule has 0 fully saturated rings. The van der Waals surface area contributed by atoms with Gasteiger partial charge in [0.25, 0.3) is 0 Å². The van der Waals surface area contributed by atoms with Crippen molar-refractivity contribution in [2.24, 2.45) is 0 Å². The molecular weight excluding hydrogens is 329 g/mol. The molecule has 2 N–H and O–H groups in total. The molecule has 0 radical (unpaired) electrons. The number of rotatable bonds is 5. The van der Waals surface area contributed by atoms with E-state index in [4.69, 9.17) is 0 Å². The van der Waals surface area contributed by atoms with Crippen LogP contribution in [-0.4, -0.2) is 33.0 Å². The molecule has 0 aliphatic carbocycles. The van der Waals surface area contributed by atoms with Crippen LogP contribution in [0.1, 0.15) is 29.1 Å². The average Bonchev–Trinajstić information content (AvgIpc) is 2.97. The van der Waals surface area contributed by atoms with Crippen LogP contribution in [0.15, 0.2) is 36.5 Å². The standard InChI is InChI=1S/C17H16FN3O2S/c1-17(2,9-22)21-16-19-8-10-7-13(24-15(10)20-16)14(23)11-5-3-4-6-12(11)18/h3-8,22H,9H2,1-2H3,(H,19,20,21).